The van der Waals surface area contributed by atoms with Crippen LogP contribution in [0.15, 0.2) is 34.2 Å². The van der Waals surface area contributed by atoms with Crippen molar-refractivity contribution in [1.82, 2.24) is 9.62 Å². The molecule has 8 heteroatoms. The summed E-state index contributed by atoms with van der Waals surface area (Å²) in [6.45, 7) is 2.16. The van der Waals surface area contributed by atoms with Gasteiger partial charge in [-0.2, -0.15) is 0 Å². The first-order valence-electron chi connectivity index (χ1n) is 6.78. The summed E-state index contributed by atoms with van der Waals surface area (Å²) in [6.07, 6.45) is 0. The van der Waals surface area contributed by atoms with Gasteiger partial charge in [0, 0.05) is 19.7 Å². The summed E-state index contributed by atoms with van der Waals surface area (Å²) in [5.74, 6) is -0.00243. The van der Waals surface area contributed by atoms with E-state index < -0.39 is 10.0 Å². The minimum atomic E-state index is -3.57. The number of carbonyl (C=O) groups excluding carboxylic acids is 1. The summed E-state index contributed by atoms with van der Waals surface area (Å²) in [7, 11) is -0.339. The Hall–Kier alpha value is -1.93. The van der Waals surface area contributed by atoms with E-state index >= 15 is 0 Å². The van der Waals surface area contributed by atoms with Crippen LogP contribution in [0, 0.1) is 0 Å². The summed E-state index contributed by atoms with van der Waals surface area (Å²) in [4.78, 5) is 17.9. The van der Waals surface area contributed by atoms with Gasteiger partial charge in [0.1, 0.15) is 12.4 Å². The van der Waals surface area contributed by atoms with Gasteiger partial charge in [0.2, 0.25) is 5.91 Å². The zero-order valence-corrected chi connectivity index (χ0v) is 13.6. The second-order valence-corrected chi connectivity index (χ2v) is 6.73. The number of amidine groups is 1. The number of carbonyl (C=O) groups is 1. The Labute approximate surface area is 130 Å². The average molecular weight is 325 g/mol. The Bertz CT molecular complexity index is 700. The lowest BCUT2D eigenvalue weighted by atomic mass is 10.2. The molecule has 1 aliphatic heterocycles. The van der Waals surface area contributed by atoms with E-state index in [0.29, 0.717) is 12.2 Å². The van der Waals surface area contributed by atoms with Gasteiger partial charge in [-0.3, -0.25) is 14.5 Å². The molecule has 1 amide bonds. The van der Waals surface area contributed by atoms with E-state index in [9.17, 15) is 13.2 Å². The average Bonchev–Trinajstić information content (AvgIpc) is 2.76. The van der Waals surface area contributed by atoms with Gasteiger partial charge < -0.3 is 9.64 Å². The van der Waals surface area contributed by atoms with Crippen molar-refractivity contribution < 1.29 is 17.9 Å². The minimum Gasteiger partial charge on any atom is -0.383 e. The third-order valence-corrected chi connectivity index (χ3v) is 4.89. The van der Waals surface area contributed by atoms with Crippen molar-refractivity contribution >= 4 is 21.8 Å². The largest absolute Gasteiger partial charge is 0.383 e. The third-order valence-electron chi connectivity index (χ3n) is 3.50. The molecular weight excluding hydrogens is 306 g/mol. The van der Waals surface area contributed by atoms with E-state index in [1.54, 1.807) is 32.4 Å². The Kier molecular flexibility index (Phi) is 4.82. The Balaban J connectivity index is 2.14. The Morgan fingerprint density at radius 3 is 2.77 bits per heavy atom. The Morgan fingerprint density at radius 2 is 2.09 bits per heavy atom. The number of likely N-dealkylation sites (N-methyl/N-ethyl adjacent to an activating group) is 1. The second-order valence-electron chi connectivity index (χ2n) is 5.08. The lowest BCUT2D eigenvalue weighted by Crippen LogP contribution is -2.39. The van der Waals surface area contributed by atoms with Gasteiger partial charge >= 0.3 is 0 Å². The number of hydrogen-bond donors (Lipinski definition) is 1. The highest BCUT2D eigenvalue weighted by Crippen LogP contribution is 2.22. The molecule has 0 radical (unpaired) electrons. The lowest BCUT2D eigenvalue weighted by molar-refractivity contribution is -0.131. The van der Waals surface area contributed by atoms with E-state index in [-0.39, 0.29) is 29.2 Å². The maximum absolute atomic E-state index is 12.1. The summed E-state index contributed by atoms with van der Waals surface area (Å²) >= 11 is 0. The zero-order valence-electron chi connectivity index (χ0n) is 12.7. The van der Waals surface area contributed by atoms with Crippen LogP contribution >= 0.6 is 0 Å². The zero-order chi connectivity index (χ0) is 16.3. The van der Waals surface area contributed by atoms with Gasteiger partial charge in [-0.05, 0) is 19.1 Å². The number of methoxy groups -OCH3 is 1. The van der Waals surface area contributed by atoms with Crippen molar-refractivity contribution in [2.45, 2.75) is 17.9 Å². The van der Waals surface area contributed by atoms with Gasteiger partial charge in [0.15, 0.2) is 0 Å². The molecule has 1 unspecified atom stereocenters. The molecule has 0 fully saturated rings. The van der Waals surface area contributed by atoms with Gasteiger partial charge in [-0.25, -0.2) is 8.42 Å². The molecule has 0 aliphatic carbocycles. The molecule has 1 heterocycles. The molecule has 0 spiro atoms. The van der Waals surface area contributed by atoms with E-state index in [1.807, 2.05) is 6.92 Å². The lowest BCUT2D eigenvalue weighted by Gasteiger charge is -2.23. The number of benzene rings is 1. The first-order chi connectivity index (χ1) is 10.4. The van der Waals surface area contributed by atoms with Crippen LogP contribution < -0.4 is 4.72 Å². The molecule has 120 valence electrons. The summed E-state index contributed by atoms with van der Waals surface area (Å²) < 4.78 is 31.2. The molecule has 0 bridgehead atoms. The van der Waals surface area contributed by atoms with Crippen LogP contribution in [0.5, 0.6) is 0 Å². The molecule has 2 rings (SSSR count). The molecular formula is C14H19N3O4S. The number of amides is 1. The number of nitrogens with one attached hydrogen (secondary N) is 1. The number of rotatable bonds is 5. The van der Waals surface area contributed by atoms with Crippen molar-refractivity contribution in [3.63, 3.8) is 0 Å². The van der Waals surface area contributed by atoms with Crippen molar-refractivity contribution in [2.24, 2.45) is 4.99 Å². The van der Waals surface area contributed by atoms with Crippen molar-refractivity contribution in [1.29, 1.82) is 0 Å². The van der Waals surface area contributed by atoms with E-state index in [2.05, 4.69) is 9.71 Å². The van der Waals surface area contributed by atoms with Gasteiger partial charge in [-0.1, -0.05) is 12.1 Å². The SMILES string of the molecule is COCC(C)N(C)C(=O)CN=C1NS(=O)(=O)c2ccccc21. The highest BCUT2D eigenvalue weighted by atomic mass is 32.2. The molecule has 0 aromatic heterocycles. The number of nitrogens with zero attached hydrogens (tertiary/aromatic N) is 2. The normalized spacial score (nSPS) is 18.6. The summed E-state index contributed by atoms with van der Waals surface area (Å²) in [6, 6.07) is 6.46. The number of aliphatic imine (C=N–C) groups is 1. The smallest absolute Gasteiger partial charge is 0.263 e. The molecule has 1 aliphatic rings. The third kappa shape index (κ3) is 3.28. The van der Waals surface area contributed by atoms with Crippen molar-refractivity contribution in [2.75, 3.05) is 27.3 Å². The molecule has 1 aromatic carbocycles. The minimum absolute atomic E-state index is 0.0785. The highest BCUT2D eigenvalue weighted by Gasteiger charge is 2.30. The maximum atomic E-state index is 12.1. The highest BCUT2D eigenvalue weighted by molar-refractivity contribution is 7.90. The number of sulfonamides is 1. The number of fused-ring (bicyclic) bond motifs is 1. The fourth-order valence-electron chi connectivity index (χ4n) is 2.11. The molecule has 1 aromatic rings. The van der Waals surface area contributed by atoms with Crippen LogP contribution in [0.2, 0.25) is 0 Å². The van der Waals surface area contributed by atoms with Crippen LogP contribution in [0.1, 0.15) is 12.5 Å². The quantitative estimate of drug-likeness (QED) is 0.839. The van der Waals surface area contributed by atoms with Gasteiger partial charge in [0.25, 0.3) is 10.0 Å². The van der Waals surface area contributed by atoms with Crippen LogP contribution in [-0.4, -0.2) is 58.4 Å². The van der Waals surface area contributed by atoms with Crippen LogP contribution in [0.3, 0.4) is 0 Å². The monoisotopic (exact) mass is 325 g/mol. The Morgan fingerprint density at radius 1 is 1.41 bits per heavy atom. The first-order valence-corrected chi connectivity index (χ1v) is 8.26. The van der Waals surface area contributed by atoms with Crippen molar-refractivity contribution in [3.8, 4) is 0 Å². The predicted octanol–water partition coefficient (Wildman–Crippen LogP) is 0.218. The molecule has 7 nitrogen and oxygen atoms in total. The molecule has 1 atom stereocenters. The fourth-order valence-corrected chi connectivity index (χ4v) is 3.36. The molecule has 22 heavy (non-hydrogen) atoms. The summed E-state index contributed by atoms with van der Waals surface area (Å²) in [5, 5.41) is 0. The van der Waals surface area contributed by atoms with Crippen LogP contribution in [-0.2, 0) is 19.6 Å². The van der Waals surface area contributed by atoms with Crippen molar-refractivity contribution in [3.05, 3.63) is 29.8 Å². The number of ether oxygens (including phenoxy) is 1. The predicted molar refractivity (Wildman–Crippen MR) is 82.3 cm³/mol. The van der Waals surface area contributed by atoms with Crippen LogP contribution in [0.25, 0.3) is 0 Å². The molecule has 0 saturated heterocycles. The molecule has 1 N–H and O–H groups in total. The molecule has 0 saturated carbocycles. The van der Waals surface area contributed by atoms with Crippen LogP contribution in [0.4, 0.5) is 0 Å². The summed E-state index contributed by atoms with van der Waals surface area (Å²) in [5.41, 5.74) is 0.489. The fraction of sp³-hybridized carbons (Fsp3) is 0.429. The standard InChI is InChI=1S/C14H19N3O4S/c1-10(9-21-3)17(2)13(18)8-15-14-11-6-4-5-7-12(11)22(19,20)16-14/h4-7,10H,8-9H2,1-3H3,(H,15,16). The topological polar surface area (TPSA) is 88.1 Å². The van der Waals surface area contributed by atoms with Gasteiger partial charge in [0.05, 0.1) is 17.5 Å². The van der Waals surface area contributed by atoms with Gasteiger partial charge in [-0.15, -0.1) is 0 Å². The maximum Gasteiger partial charge on any atom is 0.263 e. The van der Waals surface area contributed by atoms with E-state index in [4.69, 9.17) is 4.74 Å². The van der Waals surface area contributed by atoms with E-state index in [0.717, 1.165) is 0 Å². The van der Waals surface area contributed by atoms with E-state index in [1.165, 1.54) is 11.0 Å². The second kappa shape index (κ2) is 6.45. The number of hydrogen-bond acceptors (Lipinski definition) is 5. The first kappa shape index (κ1) is 16.4.